The van der Waals surface area contributed by atoms with Gasteiger partial charge in [-0.2, -0.15) is 0 Å². The molecule has 2 amide bonds. The van der Waals surface area contributed by atoms with E-state index < -0.39 is 64.5 Å². The number of carbonyl (C=O) groups excluding carboxylic acids is 2. The van der Waals surface area contributed by atoms with Gasteiger partial charge in [0.05, 0.1) is 0 Å². The number of hydrogen-bond acceptors (Lipinski definition) is 12. The van der Waals surface area contributed by atoms with Gasteiger partial charge in [-0.1, -0.05) is 26.8 Å². The number of anilines is 2. The van der Waals surface area contributed by atoms with E-state index in [-0.39, 0.29) is 22.7 Å². The van der Waals surface area contributed by atoms with Crippen LogP contribution in [-0.2, 0) is 29.6 Å². The molecule has 0 atom stereocenters. The molecule has 2 heterocycles. The largest absolute Gasteiger partial charge is 0.301 e. The summed E-state index contributed by atoms with van der Waals surface area (Å²) in [7, 11) is -9.75. The molecular weight excluding hydrogens is 418 g/mol. The highest BCUT2D eigenvalue weighted by Crippen LogP contribution is 2.23. The summed E-state index contributed by atoms with van der Waals surface area (Å²) < 4.78 is 89.8. The number of nitrogens with one attached hydrogen (secondary N) is 3. The number of carbonyl (C=O) groups is 2. The second kappa shape index (κ2) is 7.04. The van der Waals surface area contributed by atoms with Crippen LogP contribution >= 0.6 is 22.7 Å². The lowest BCUT2D eigenvalue weighted by Gasteiger charge is -2.01. The first-order valence-corrected chi connectivity index (χ1v) is 10.1. The highest BCUT2D eigenvalue weighted by Gasteiger charge is 2.31. The number of rotatable bonds is 6. The Hall–Kier alpha value is -2.08. The van der Waals surface area contributed by atoms with E-state index in [4.69, 9.17) is 8.22 Å². The van der Waals surface area contributed by atoms with Crippen LogP contribution in [0.5, 0.6) is 0 Å². The van der Waals surface area contributed by atoms with Crippen molar-refractivity contribution in [2.24, 2.45) is 0 Å². The molecule has 13 nitrogen and oxygen atoms in total. The zero-order valence-electron chi connectivity index (χ0n) is 17.4. The molecule has 0 radical (unpaired) electrons. The first-order chi connectivity index (χ1) is 13.9. The number of hydrogen-bond donors (Lipinski definition) is 3. The number of amides is 2. The summed E-state index contributed by atoms with van der Waals surface area (Å²) in [4.78, 5) is 22.7. The average molecular weight is 434 g/mol. The van der Waals surface area contributed by atoms with Crippen LogP contribution in [0, 0.1) is 0 Å². The van der Waals surface area contributed by atoms with Crippen molar-refractivity contribution in [3.63, 3.8) is 0 Å². The van der Waals surface area contributed by atoms with Crippen LogP contribution in [0.15, 0.2) is 8.68 Å². The Kier molecular flexibility index (Phi) is 3.46. The molecule has 0 spiro atoms. The number of nitrogens with zero attached hydrogens (tertiary/aromatic N) is 4. The fourth-order valence-corrected chi connectivity index (χ4v) is 6.08. The summed E-state index contributed by atoms with van der Waals surface area (Å²) in [6, 6.07) is 0. The predicted octanol–water partition coefficient (Wildman–Crippen LogP) is -1.03. The van der Waals surface area contributed by atoms with Gasteiger partial charge >= 0.3 is 0 Å². The van der Waals surface area contributed by atoms with Crippen LogP contribution in [0.2, 0.25) is 0 Å². The molecule has 0 aliphatic rings. The van der Waals surface area contributed by atoms with Crippen molar-refractivity contribution in [3.05, 3.63) is 0 Å². The Morgan fingerprint density at radius 1 is 0.840 bits per heavy atom. The van der Waals surface area contributed by atoms with Gasteiger partial charge in [-0.05, 0) is 0 Å². The Balaban J connectivity index is 2.18. The van der Waals surface area contributed by atoms with Crippen molar-refractivity contribution in [2.75, 3.05) is 10.6 Å². The third-order valence-corrected chi connectivity index (χ3v) is 7.85. The molecule has 0 bridgehead atoms. The van der Waals surface area contributed by atoms with Crippen molar-refractivity contribution in [1.82, 2.24) is 24.5 Å². The van der Waals surface area contributed by atoms with Crippen LogP contribution < -0.4 is 14.8 Å². The summed E-state index contributed by atoms with van der Waals surface area (Å²) in [5, 5.41) is 15.4. The zero-order valence-corrected chi connectivity index (χ0v) is 14.6. The third kappa shape index (κ3) is 4.95. The quantitative estimate of drug-likeness (QED) is 0.475. The van der Waals surface area contributed by atoms with Gasteiger partial charge in [0, 0.05) is 21.9 Å². The second-order valence-electron chi connectivity index (χ2n) is 3.74. The van der Waals surface area contributed by atoms with E-state index in [9.17, 15) is 26.4 Å². The van der Waals surface area contributed by atoms with E-state index in [0.717, 1.165) is 0 Å². The molecule has 25 heavy (non-hydrogen) atoms. The first kappa shape index (κ1) is 12.3. The van der Waals surface area contributed by atoms with Crippen molar-refractivity contribution in [2.45, 2.75) is 22.4 Å². The molecule has 0 unspecified atom stereocenters. The monoisotopic (exact) mass is 433 g/mol. The molecule has 2 aromatic heterocycles. The second-order valence-corrected chi connectivity index (χ2v) is 9.67. The topological polar surface area (TPSA) is 190 Å². The number of sulfonamides is 2. The van der Waals surface area contributed by atoms with Crippen LogP contribution in [0.25, 0.3) is 0 Å². The van der Waals surface area contributed by atoms with Crippen LogP contribution in [-0.4, -0.2) is 49.0 Å². The molecule has 3 N–H and O–H groups in total. The summed E-state index contributed by atoms with van der Waals surface area (Å²) in [6.45, 7) is -6.09. The normalized spacial score (nSPS) is 16.5. The van der Waals surface area contributed by atoms with Gasteiger partial charge in [-0.25, -0.2) is 16.8 Å². The molecule has 0 saturated carbocycles. The molecule has 136 valence electrons. The molecule has 0 aliphatic heterocycles. The Bertz CT molecular complexity index is 1120. The van der Waals surface area contributed by atoms with E-state index >= 15 is 0 Å². The molecule has 0 saturated heterocycles. The zero-order chi connectivity index (χ0) is 23.8. The molecular formula is C8H9N7O6S4. The average Bonchev–Trinajstić information content (AvgIpc) is 3.22. The summed E-state index contributed by atoms with van der Waals surface area (Å²) in [6.07, 6.45) is 0. The Morgan fingerprint density at radius 2 is 1.24 bits per heavy atom. The van der Waals surface area contributed by atoms with E-state index in [2.05, 4.69) is 20.4 Å². The Labute approximate surface area is 157 Å². The highest BCUT2D eigenvalue weighted by atomic mass is 32.3. The standard InChI is InChI=1S/C8H9N7O6S4/c1-3(16)9-5-11-13-7(22-5)24(18,19)15-25(20,21)8-14-12-6(23-8)10-4(2)17/h15H,1-2H3,(H,9,11,16)(H,10,12,17)/i1D3,2D3. The van der Waals surface area contributed by atoms with Gasteiger partial charge in [-0.15, -0.1) is 20.4 Å². The summed E-state index contributed by atoms with van der Waals surface area (Å²) in [5.74, 6) is -2.93. The smallest absolute Gasteiger partial charge is 0.283 e. The summed E-state index contributed by atoms with van der Waals surface area (Å²) in [5.41, 5.74) is 0. The van der Waals surface area contributed by atoms with Gasteiger partial charge in [-0.3, -0.25) is 9.59 Å². The van der Waals surface area contributed by atoms with E-state index in [0.29, 0.717) is 0 Å². The minimum atomic E-state index is -4.88. The van der Waals surface area contributed by atoms with Crippen molar-refractivity contribution < 1.29 is 34.6 Å². The minimum absolute atomic E-state index is 0.165. The molecule has 0 aromatic carbocycles. The third-order valence-electron chi connectivity index (χ3n) is 1.93. The van der Waals surface area contributed by atoms with Crippen molar-refractivity contribution in [1.29, 1.82) is 0 Å². The van der Waals surface area contributed by atoms with E-state index in [1.807, 2.05) is 0 Å². The minimum Gasteiger partial charge on any atom is -0.301 e. The van der Waals surface area contributed by atoms with E-state index in [1.54, 1.807) is 10.6 Å². The van der Waals surface area contributed by atoms with E-state index in [1.165, 1.54) is 4.13 Å². The number of aromatic nitrogens is 4. The molecule has 2 aromatic rings. The van der Waals surface area contributed by atoms with Crippen LogP contribution in [0.4, 0.5) is 10.3 Å². The van der Waals surface area contributed by atoms with Crippen molar-refractivity contribution in [3.8, 4) is 0 Å². The van der Waals surface area contributed by atoms with Gasteiger partial charge < -0.3 is 10.6 Å². The fourth-order valence-electron chi connectivity index (χ4n) is 1.15. The maximum Gasteiger partial charge on any atom is 0.283 e. The highest BCUT2D eigenvalue weighted by molar-refractivity contribution is 8.06. The van der Waals surface area contributed by atoms with Gasteiger partial charge in [0.15, 0.2) is 0 Å². The maximum atomic E-state index is 12.2. The Morgan fingerprint density at radius 3 is 1.60 bits per heavy atom. The van der Waals surface area contributed by atoms with Gasteiger partial charge in [0.2, 0.25) is 30.8 Å². The van der Waals surface area contributed by atoms with Crippen molar-refractivity contribution >= 4 is 64.8 Å². The fraction of sp³-hybridized carbons (Fsp3) is 0.250. The molecule has 2 rings (SSSR count). The molecule has 17 heteroatoms. The molecule has 0 fully saturated rings. The van der Waals surface area contributed by atoms with Gasteiger partial charge in [0.25, 0.3) is 20.0 Å². The molecule has 0 aliphatic carbocycles. The predicted molar refractivity (Wildman–Crippen MR) is 85.9 cm³/mol. The van der Waals surface area contributed by atoms with Crippen LogP contribution in [0.3, 0.4) is 0 Å². The lowest BCUT2D eigenvalue weighted by Crippen LogP contribution is -2.30. The summed E-state index contributed by atoms with van der Waals surface area (Å²) >= 11 is 0.331. The lowest BCUT2D eigenvalue weighted by atomic mass is 10.7. The first-order valence-electron chi connectivity index (χ1n) is 8.50. The van der Waals surface area contributed by atoms with Gasteiger partial charge in [0.1, 0.15) is 0 Å². The SMILES string of the molecule is [2H]C([2H])([2H])C(=O)Nc1nnc(S(=O)(=O)NS(=O)(=O)c2nnc(NC(=O)C([2H])([2H])[2H])s2)s1. The maximum absolute atomic E-state index is 12.2. The lowest BCUT2D eigenvalue weighted by molar-refractivity contribution is -0.115. The van der Waals surface area contributed by atoms with Crippen LogP contribution in [0.1, 0.15) is 21.9 Å².